The van der Waals surface area contributed by atoms with Crippen LogP contribution in [0.3, 0.4) is 0 Å². The Balaban J connectivity index is 2.50. The van der Waals surface area contributed by atoms with Crippen molar-refractivity contribution >= 4 is 15.8 Å². The van der Waals surface area contributed by atoms with Gasteiger partial charge in [-0.1, -0.05) is 0 Å². The van der Waals surface area contributed by atoms with E-state index in [0.717, 1.165) is 0 Å². The molecule has 5 heteroatoms. The van der Waals surface area contributed by atoms with Gasteiger partial charge in [0.25, 0.3) is 0 Å². The lowest BCUT2D eigenvalue weighted by molar-refractivity contribution is -0.120. The molecule has 0 saturated heterocycles. The highest BCUT2D eigenvalue weighted by molar-refractivity contribution is 7.90. The number of rotatable bonds is 3. The molecule has 0 aromatic carbocycles. The summed E-state index contributed by atoms with van der Waals surface area (Å²) < 4.78 is 25.6. The normalized spacial score (nSPS) is 20.4. The first-order valence-electron chi connectivity index (χ1n) is 4.94. The largest absolute Gasteiger partial charge is 0.300 e. The third-order valence-electron chi connectivity index (χ3n) is 2.49. The molecule has 0 aromatic heterocycles. The van der Waals surface area contributed by atoms with Gasteiger partial charge in [-0.2, -0.15) is 0 Å². The number of hydrogen-bond donors (Lipinski definition) is 1. The van der Waals surface area contributed by atoms with Gasteiger partial charge in [0.2, 0.25) is 10.0 Å². The molecule has 0 aliphatic heterocycles. The summed E-state index contributed by atoms with van der Waals surface area (Å²) in [5.41, 5.74) is 0. The maximum absolute atomic E-state index is 11.5. The van der Waals surface area contributed by atoms with Crippen LogP contribution in [0.25, 0.3) is 0 Å². The van der Waals surface area contributed by atoms with Crippen LogP contribution in [0.15, 0.2) is 0 Å². The molecule has 0 atom stereocenters. The summed E-state index contributed by atoms with van der Waals surface area (Å²) in [6.07, 6.45) is 2.30. The van der Waals surface area contributed by atoms with Crippen LogP contribution in [0.2, 0.25) is 0 Å². The molecule has 82 valence electrons. The minimum Gasteiger partial charge on any atom is -0.300 e. The first-order valence-corrected chi connectivity index (χ1v) is 6.49. The van der Waals surface area contributed by atoms with E-state index in [-0.39, 0.29) is 11.8 Å². The molecule has 1 N–H and O–H groups in total. The summed E-state index contributed by atoms with van der Waals surface area (Å²) >= 11 is 0. The van der Waals surface area contributed by atoms with E-state index >= 15 is 0 Å². The number of carbonyl (C=O) groups is 1. The predicted molar refractivity (Wildman–Crippen MR) is 54.5 cm³/mol. The standard InChI is InChI=1S/C9H17NO3S/c1-7(2)14(12,13)10-8-3-5-9(11)6-4-8/h7-8,10H,3-6H2,1-2H3. The van der Waals surface area contributed by atoms with Crippen LogP contribution in [0.1, 0.15) is 39.5 Å². The zero-order chi connectivity index (χ0) is 10.8. The van der Waals surface area contributed by atoms with E-state index in [1.54, 1.807) is 13.8 Å². The zero-order valence-electron chi connectivity index (χ0n) is 8.62. The molecule has 0 radical (unpaired) electrons. The number of hydrogen-bond acceptors (Lipinski definition) is 3. The fourth-order valence-electron chi connectivity index (χ4n) is 1.43. The molecule has 1 rings (SSSR count). The SMILES string of the molecule is CC(C)S(=O)(=O)NC1CCC(=O)CC1. The highest BCUT2D eigenvalue weighted by Crippen LogP contribution is 2.16. The third kappa shape index (κ3) is 3.06. The Morgan fingerprint density at radius 3 is 2.21 bits per heavy atom. The molecule has 14 heavy (non-hydrogen) atoms. The number of nitrogens with one attached hydrogen (secondary N) is 1. The third-order valence-corrected chi connectivity index (χ3v) is 4.40. The van der Waals surface area contributed by atoms with E-state index in [1.165, 1.54) is 0 Å². The lowest BCUT2D eigenvalue weighted by Gasteiger charge is -2.23. The Kier molecular flexibility index (Phi) is 3.66. The van der Waals surface area contributed by atoms with Crippen LogP contribution in [0, 0.1) is 0 Å². The van der Waals surface area contributed by atoms with Gasteiger partial charge in [0.1, 0.15) is 5.78 Å². The molecule has 4 nitrogen and oxygen atoms in total. The second kappa shape index (κ2) is 4.40. The van der Waals surface area contributed by atoms with Gasteiger partial charge in [-0.15, -0.1) is 0 Å². The second-order valence-electron chi connectivity index (χ2n) is 4.02. The average Bonchev–Trinajstić information content (AvgIpc) is 2.08. The molecule has 1 aliphatic carbocycles. The van der Waals surface area contributed by atoms with Crippen molar-refractivity contribution in [1.29, 1.82) is 0 Å². The van der Waals surface area contributed by atoms with Crippen LogP contribution in [-0.4, -0.2) is 25.5 Å². The molecule has 1 saturated carbocycles. The first kappa shape index (κ1) is 11.7. The minimum atomic E-state index is -3.18. The molecular formula is C9H17NO3S. The molecule has 0 heterocycles. The van der Waals surface area contributed by atoms with Gasteiger partial charge in [0, 0.05) is 18.9 Å². The molecule has 1 aliphatic rings. The maximum Gasteiger partial charge on any atom is 0.214 e. The quantitative estimate of drug-likeness (QED) is 0.764. The van der Waals surface area contributed by atoms with Crippen molar-refractivity contribution in [2.24, 2.45) is 0 Å². The average molecular weight is 219 g/mol. The van der Waals surface area contributed by atoms with Gasteiger partial charge >= 0.3 is 0 Å². The van der Waals surface area contributed by atoms with Gasteiger partial charge < -0.3 is 0 Å². The number of carbonyl (C=O) groups excluding carboxylic acids is 1. The molecule has 0 amide bonds. The van der Waals surface area contributed by atoms with Gasteiger partial charge in [-0.3, -0.25) is 4.79 Å². The van der Waals surface area contributed by atoms with Crippen molar-refractivity contribution < 1.29 is 13.2 Å². The summed E-state index contributed by atoms with van der Waals surface area (Å²) in [5, 5.41) is -0.403. The Morgan fingerprint density at radius 1 is 1.29 bits per heavy atom. The van der Waals surface area contributed by atoms with E-state index < -0.39 is 15.3 Å². The lowest BCUT2D eigenvalue weighted by atomic mass is 9.95. The lowest BCUT2D eigenvalue weighted by Crippen LogP contribution is -2.41. The van der Waals surface area contributed by atoms with Gasteiger partial charge in [0.15, 0.2) is 0 Å². The van der Waals surface area contributed by atoms with Crippen molar-refractivity contribution in [3.63, 3.8) is 0 Å². The maximum atomic E-state index is 11.5. The Bertz CT molecular complexity index is 298. The predicted octanol–water partition coefficient (Wildman–Crippen LogP) is 0.826. The fourth-order valence-corrected chi connectivity index (χ4v) is 2.40. The van der Waals surface area contributed by atoms with Crippen LogP contribution < -0.4 is 4.72 Å². The number of sulfonamides is 1. The summed E-state index contributed by atoms with van der Waals surface area (Å²) in [5.74, 6) is 0.241. The van der Waals surface area contributed by atoms with Crippen molar-refractivity contribution in [2.45, 2.75) is 50.8 Å². The first-order chi connectivity index (χ1) is 6.42. The number of ketones is 1. The smallest absolute Gasteiger partial charge is 0.214 e. The van der Waals surface area contributed by atoms with Gasteiger partial charge in [-0.25, -0.2) is 13.1 Å². The van der Waals surface area contributed by atoms with Crippen molar-refractivity contribution in [2.75, 3.05) is 0 Å². The van der Waals surface area contributed by atoms with E-state index in [1.807, 2.05) is 0 Å². The zero-order valence-corrected chi connectivity index (χ0v) is 9.43. The summed E-state index contributed by atoms with van der Waals surface area (Å²) in [6, 6.07) is -0.0416. The van der Waals surface area contributed by atoms with E-state index in [0.29, 0.717) is 25.7 Å². The highest BCUT2D eigenvalue weighted by atomic mass is 32.2. The van der Waals surface area contributed by atoms with Gasteiger partial charge in [0.05, 0.1) is 5.25 Å². The molecule has 0 bridgehead atoms. The van der Waals surface area contributed by atoms with Crippen LogP contribution >= 0.6 is 0 Å². The molecule has 1 fully saturated rings. The minimum absolute atomic E-state index is 0.0416. The number of Topliss-reactive ketones (excluding diaryl/α,β-unsaturated/α-hetero) is 1. The fraction of sp³-hybridized carbons (Fsp3) is 0.889. The van der Waals surface area contributed by atoms with E-state index in [4.69, 9.17) is 0 Å². The van der Waals surface area contributed by atoms with E-state index in [2.05, 4.69) is 4.72 Å². The summed E-state index contributed by atoms with van der Waals surface area (Å²) in [4.78, 5) is 10.9. The Morgan fingerprint density at radius 2 is 1.79 bits per heavy atom. The molecule has 0 spiro atoms. The van der Waals surface area contributed by atoms with Gasteiger partial charge in [-0.05, 0) is 26.7 Å². The highest BCUT2D eigenvalue weighted by Gasteiger charge is 2.24. The van der Waals surface area contributed by atoms with Crippen LogP contribution in [0.4, 0.5) is 0 Å². The second-order valence-corrected chi connectivity index (χ2v) is 6.29. The Labute approximate surface area is 85.1 Å². The molecular weight excluding hydrogens is 202 g/mol. The Hall–Kier alpha value is -0.420. The van der Waals surface area contributed by atoms with Crippen molar-refractivity contribution in [1.82, 2.24) is 4.72 Å². The van der Waals surface area contributed by atoms with Crippen molar-refractivity contribution in [3.05, 3.63) is 0 Å². The summed E-state index contributed by atoms with van der Waals surface area (Å²) in [6.45, 7) is 3.30. The topological polar surface area (TPSA) is 63.2 Å². The molecule has 0 aromatic rings. The van der Waals surface area contributed by atoms with Crippen molar-refractivity contribution in [3.8, 4) is 0 Å². The molecule has 0 unspecified atom stereocenters. The van der Waals surface area contributed by atoms with Crippen LogP contribution in [0.5, 0.6) is 0 Å². The summed E-state index contributed by atoms with van der Waals surface area (Å²) in [7, 11) is -3.18. The van der Waals surface area contributed by atoms with E-state index in [9.17, 15) is 13.2 Å². The monoisotopic (exact) mass is 219 g/mol. The van der Waals surface area contributed by atoms with Crippen LogP contribution in [-0.2, 0) is 14.8 Å².